The minimum absolute atomic E-state index is 0.0552. The van der Waals surface area contributed by atoms with Gasteiger partial charge in [-0.05, 0) is 19.1 Å². The standard InChI is InChI=1S/C15H19IO7S/c1-10-2-4-11(5-3-10)24(17,18)23-7-13-15-14(21-9-20-13)12(6-16)19-8-22-15/h2-5,12-15H,6-9H2,1H3/t12-,13+,14+,15+/m0/s1. The first-order valence-corrected chi connectivity index (χ1v) is 10.4. The zero-order valence-corrected chi connectivity index (χ0v) is 16.1. The summed E-state index contributed by atoms with van der Waals surface area (Å²) in [5.41, 5.74) is 0.977. The molecule has 0 saturated carbocycles. The average molecular weight is 470 g/mol. The van der Waals surface area contributed by atoms with Crippen molar-refractivity contribution in [3.8, 4) is 0 Å². The predicted octanol–water partition coefficient (Wildman–Crippen LogP) is 1.62. The van der Waals surface area contributed by atoms with Crippen LogP contribution in [0.15, 0.2) is 29.2 Å². The number of hydrogen-bond donors (Lipinski definition) is 0. The summed E-state index contributed by atoms with van der Waals surface area (Å²) in [6, 6.07) is 6.50. The quantitative estimate of drug-likeness (QED) is 0.368. The molecule has 2 aliphatic rings. The van der Waals surface area contributed by atoms with E-state index in [2.05, 4.69) is 22.6 Å². The van der Waals surface area contributed by atoms with Crippen molar-refractivity contribution in [2.75, 3.05) is 24.6 Å². The van der Waals surface area contributed by atoms with E-state index in [0.717, 1.165) is 9.99 Å². The number of alkyl halides is 1. The molecule has 7 nitrogen and oxygen atoms in total. The lowest BCUT2D eigenvalue weighted by Gasteiger charge is -2.43. The molecule has 1 aromatic carbocycles. The van der Waals surface area contributed by atoms with Gasteiger partial charge < -0.3 is 18.9 Å². The lowest BCUT2D eigenvalue weighted by Crippen LogP contribution is -2.58. The maximum absolute atomic E-state index is 12.3. The van der Waals surface area contributed by atoms with Crippen molar-refractivity contribution >= 4 is 32.7 Å². The molecule has 9 heteroatoms. The van der Waals surface area contributed by atoms with Gasteiger partial charge in [0.25, 0.3) is 10.1 Å². The number of rotatable bonds is 5. The normalized spacial score (nSPS) is 30.8. The fourth-order valence-electron chi connectivity index (χ4n) is 2.63. The van der Waals surface area contributed by atoms with Crippen LogP contribution in [-0.2, 0) is 33.2 Å². The van der Waals surface area contributed by atoms with Gasteiger partial charge in [0.15, 0.2) is 0 Å². The Morgan fingerprint density at radius 1 is 1.04 bits per heavy atom. The summed E-state index contributed by atoms with van der Waals surface area (Å²) in [5.74, 6) is 0. The highest BCUT2D eigenvalue weighted by Crippen LogP contribution is 2.27. The van der Waals surface area contributed by atoms with E-state index in [1.807, 2.05) is 6.92 Å². The molecule has 0 amide bonds. The maximum Gasteiger partial charge on any atom is 0.297 e. The van der Waals surface area contributed by atoms with Gasteiger partial charge in [0.2, 0.25) is 0 Å². The van der Waals surface area contributed by atoms with Crippen molar-refractivity contribution in [3.05, 3.63) is 29.8 Å². The fourth-order valence-corrected chi connectivity index (χ4v) is 4.31. The third-order valence-corrected chi connectivity index (χ3v) is 6.16. The Morgan fingerprint density at radius 3 is 2.25 bits per heavy atom. The number of ether oxygens (including phenoxy) is 4. The number of fused-ring (bicyclic) bond motifs is 1. The van der Waals surface area contributed by atoms with Gasteiger partial charge in [0, 0.05) is 4.43 Å². The summed E-state index contributed by atoms with van der Waals surface area (Å²) in [5, 5.41) is 0. The van der Waals surface area contributed by atoms with E-state index in [1.165, 1.54) is 12.1 Å². The van der Waals surface area contributed by atoms with Gasteiger partial charge in [-0.25, -0.2) is 0 Å². The lowest BCUT2D eigenvalue weighted by atomic mass is 10.0. The molecule has 0 bridgehead atoms. The van der Waals surface area contributed by atoms with Crippen LogP contribution in [-0.4, -0.2) is 57.5 Å². The Balaban J connectivity index is 1.66. The molecule has 2 heterocycles. The number of aryl methyl sites for hydroxylation is 1. The summed E-state index contributed by atoms with van der Waals surface area (Å²) in [4.78, 5) is 0.120. The highest BCUT2D eigenvalue weighted by atomic mass is 127. The van der Waals surface area contributed by atoms with Crippen LogP contribution in [0.4, 0.5) is 0 Å². The van der Waals surface area contributed by atoms with Crippen LogP contribution in [0, 0.1) is 6.92 Å². The summed E-state index contributed by atoms with van der Waals surface area (Å²) < 4.78 is 52.6. The molecule has 0 unspecified atom stereocenters. The first-order valence-electron chi connectivity index (χ1n) is 7.50. The molecular formula is C15H19IO7S. The number of halogens is 1. The summed E-state index contributed by atoms with van der Waals surface area (Å²) in [6.45, 7) is 1.94. The number of benzene rings is 1. The highest BCUT2D eigenvalue weighted by molar-refractivity contribution is 14.1. The summed E-state index contributed by atoms with van der Waals surface area (Å²) in [6.07, 6.45) is -1.34. The van der Waals surface area contributed by atoms with Gasteiger partial charge in [0.1, 0.15) is 31.9 Å². The first kappa shape index (κ1) is 18.5. The van der Waals surface area contributed by atoms with Crippen LogP contribution in [0.5, 0.6) is 0 Å². The predicted molar refractivity (Wildman–Crippen MR) is 92.4 cm³/mol. The average Bonchev–Trinajstić information content (AvgIpc) is 2.59. The van der Waals surface area contributed by atoms with Gasteiger partial charge in [-0.1, -0.05) is 40.3 Å². The van der Waals surface area contributed by atoms with Gasteiger partial charge in [-0.3, -0.25) is 4.18 Å². The van der Waals surface area contributed by atoms with Gasteiger partial charge >= 0.3 is 0 Å². The molecule has 1 aromatic rings. The molecule has 0 radical (unpaired) electrons. The molecule has 0 spiro atoms. The lowest BCUT2D eigenvalue weighted by molar-refractivity contribution is -0.320. The van der Waals surface area contributed by atoms with Crippen molar-refractivity contribution in [1.82, 2.24) is 0 Å². The van der Waals surface area contributed by atoms with Crippen LogP contribution in [0.2, 0.25) is 0 Å². The number of hydrogen-bond acceptors (Lipinski definition) is 7. The molecule has 2 aliphatic heterocycles. The van der Waals surface area contributed by atoms with Crippen molar-refractivity contribution in [3.63, 3.8) is 0 Å². The smallest absolute Gasteiger partial charge is 0.297 e. The van der Waals surface area contributed by atoms with Gasteiger partial charge in [0.05, 0.1) is 17.6 Å². The molecule has 134 valence electrons. The molecule has 2 fully saturated rings. The van der Waals surface area contributed by atoms with Gasteiger partial charge in [-0.2, -0.15) is 8.42 Å². The largest absolute Gasteiger partial charge is 0.349 e. The monoisotopic (exact) mass is 470 g/mol. The third-order valence-electron chi connectivity index (χ3n) is 3.99. The topological polar surface area (TPSA) is 80.3 Å². The van der Waals surface area contributed by atoms with E-state index in [1.54, 1.807) is 12.1 Å². The minimum Gasteiger partial charge on any atom is -0.349 e. The molecule has 0 aliphatic carbocycles. The Morgan fingerprint density at radius 2 is 1.62 bits per heavy atom. The third kappa shape index (κ3) is 4.09. The Kier molecular flexibility index (Phi) is 6.11. The Labute approximate surface area is 154 Å². The Bertz CT molecular complexity index is 648. The second-order valence-corrected chi connectivity index (χ2v) is 8.11. The second kappa shape index (κ2) is 7.94. The summed E-state index contributed by atoms with van der Waals surface area (Å²) in [7, 11) is -3.84. The molecule has 0 N–H and O–H groups in total. The molecule has 4 atom stereocenters. The van der Waals surface area contributed by atoms with Crippen molar-refractivity contribution < 1.29 is 31.5 Å². The molecule has 3 rings (SSSR count). The Hall–Kier alpha value is -0.300. The maximum atomic E-state index is 12.3. The van der Waals surface area contributed by atoms with E-state index >= 15 is 0 Å². The van der Waals surface area contributed by atoms with E-state index in [0.29, 0.717) is 0 Å². The first-order chi connectivity index (χ1) is 11.5. The van der Waals surface area contributed by atoms with E-state index in [9.17, 15) is 8.42 Å². The molecular weight excluding hydrogens is 451 g/mol. The van der Waals surface area contributed by atoms with E-state index in [-0.39, 0.29) is 37.3 Å². The molecule has 2 saturated heterocycles. The summed E-state index contributed by atoms with van der Waals surface area (Å²) >= 11 is 2.22. The van der Waals surface area contributed by atoms with Crippen LogP contribution in [0.1, 0.15) is 5.56 Å². The van der Waals surface area contributed by atoms with Crippen LogP contribution in [0.25, 0.3) is 0 Å². The molecule has 24 heavy (non-hydrogen) atoms. The van der Waals surface area contributed by atoms with Crippen LogP contribution in [0.3, 0.4) is 0 Å². The van der Waals surface area contributed by atoms with Crippen molar-refractivity contribution in [2.45, 2.75) is 36.2 Å². The zero-order valence-electron chi connectivity index (χ0n) is 13.1. The van der Waals surface area contributed by atoms with Gasteiger partial charge in [-0.15, -0.1) is 0 Å². The van der Waals surface area contributed by atoms with E-state index in [4.69, 9.17) is 23.1 Å². The van der Waals surface area contributed by atoms with Crippen molar-refractivity contribution in [1.29, 1.82) is 0 Å². The minimum atomic E-state index is -3.84. The van der Waals surface area contributed by atoms with E-state index < -0.39 is 22.3 Å². The fraction of sp³-hybridized carbons (Fsp3) is 0.600. The zero-order chi connectivity index (χ0) is 17.2. The highest BCUT2D eigenvalue weighted by Gasteiger charge is 2.44. The van der Waals surface area contributed by atoms with Crippen LogP contribution < -0.4 is 0 Å². The molecule has 0 aromatic heterocycles. The second-order valence-electron chi connectivity index (χ2n) is 5.61. The van der Waals surface area contributed by atoms with Crippen molar-refractivity contribution in [2.24, 2.45) is 0 Å². The SMILES string of the molecule is Cc1ccc(S(=O)(=O)OC[C@H]2OCO[C@H]3[C@@H]2OCO[C@H]3CI)cc1. The van der Waals surface area contributed by atoms with Crippen LogP contribution >= 0.6 is 22.6 Å².